The molecule has 74 valence electrons. The van der Waals surface area contributed by atoms with E-state index in [2.05, 4.69) is 17.4 Å². The monoisotopic (exact) mass is 189 g/mol. The van der Waals surface area contributed by atoms with Crippen molar-refractivity contribution >= 4 is 5.91 Å². The van der Waals surface area contributed by atoms with Crippen molar-refractivity contribution in [2.45, 2.75) is 19.3 Å². The summed E-state index contributed by atoms with van der Waals surface area (Å²) in [5, 5.41) is 2.87. The first-order valence-electron chi connectivity index (χ1n) is 5.18. The Morgan fingerprint density at radius 1 is 1.29 bits per heavy atom. The smallest absolute Gasteiger partial charge is 0.223 e. The first-order chi connectivity index (χ1) is 6.86. The van der Waals surface area contributed by atoms with Gasteiger partial charge in [0.15, 0.2) is 0 Å². The number of hydrogen-bond acceptors (Lipinski definition) is 1. The molecule has 0 bridgehead atoms. The highest BCUT2D eigenvalue weighted by molar-refractivity contribution is 5.80. The Labute approximate surface area is 84.3 Å². The Balaban J connectivity index is 1.85. The van der Waals surface area contributed by atoms with Gasteiger partial charge in [-0.3, -0.25) is 4.79 Å². The maximum Gasteiger partial charge on any atom is 0.223 e. The molecule has 1 amide bonds. The Morgan fingerprint density at radius 3 is 2.71 bits per heavy atom. The number of aryl methyl sites for hydroxylation is 1. The summed E-state index contributed by atoms with van der Waals surface area (Å²) in [4.78, 5) is 11.3. The van der Waals surface area contributed by atoms with E-state index < -0.39 is 0 Å². The van der Waals surface area contributed by atoms with E-state index in [4.69, 9.17) is 0 Å². The molecule has 1 aromatic rings. The van der Waals surface area contributed by atoms with Crippen molar-refractivity contribution in [2.24, 2.45) is 5.92 Å². The third-order valence-electron chi connectivity index (χ3n) is 2.79. The largest absolute Gasteiger partial charge is 0.356 e. The van der Waals surface area contributed by atoms with Crippen molar-refractivity contribution in [3.8, 4) is 0 Å². The van der Waals surface area contributed by atoms with Crippen LogP contribution in [0.3, 0.4) is 0 Å². The molecule has 1 aromatic carbocycles. The second-order valence-corrected chi connectivity index (χ2v) is 3.80. The van der Waals surface area contributed by atoms with Crippen LogP contribution in [0.4, 0.5) is 0 Å². The maximum absolute atomic E-state index is 11.3. The first kappa shape index (κ1) is 9.25. The Morgan fingerprint density at radius 2 is 2.07 bits per heavy atom. The minimum Gasteiger partial charge on any atom is -0.356 e. The standard InChI is InChI=1S/C12H15NO/c14-12-11(8-9-13-12)7-6-10-4-2-1-3-5-10/h1-5,11H,6-9H2,(H,13,14)/t11-/m0/s1. The van der Waals surface area contributed by atoms with Gasteiger partial charge in [-0.05, 0) is 24.8 Å². The molecule has 2 heteroatoms. The predicted octanol–water partition coefficient (Wildman–Crippen LogP) is 1.76. The molecule has 1 aliphatic rings. The molecule has 14 heavy (non-hydrogen) atoms. The summed E-state index contributed by atoms with van der Waals surface area (Å²) in [5.74, 6) is 0.483. The van der Waals surface area contributed by atoms with Crippen LogP contribution in [0.15, 0.2) is 30.3 Å². The Bertz CT molecular complexity index is 307. The normalized spacial score (nSPS) is 20.9. The van der Waals surface area contributed by atoms with Crippen LogP contribution in [0.1, 0.15) is 18.4 Å². The molecule has 1 saturated heterocycles. The Kier molecular flexibility index (Phi) is 2.82. The summed E-state index contributed by atoms with van der Waals surface area (Å²) in [7, 11) is 0. The van der Waals surface area contributed by atoms with Crippen molar-refractivity contribution in [2.75, 3.05) is 6.54 Å². The second kappa shape index (κ2) is 4.27. The van der Waals surface area contributed by atoms with Gasteiger partial charge < -0.3 is 5.32 Å². The molecule has 0 aliphatic carbocycles. The average molecular weight is 189 g/mol. The van der Waals surface area contributed by atoms with Crippen LogP contribution >= 0.6 is 0 Å². The summed E-state index contributed by atoms with van der Waals surface area (Å²) < 4.78 is 0. The molecule has 1 heterocycles. The van der Waals surface area contributed by atoms with Crippen LogP contribution in [-0.4, -0.2) is 12.5 Å². The van der Waals surface area contributed by atoms with Gasteiger partial charge in [0.25, 0.3) is 0 Å². The highest BCUT2D eigenvalue weighted by Gasteiger charge is 2.23. The third kappa shape index (κ3) is 2.13. The molecule has 0 unspecified atom stereocenters. The summed E-state index contributed by atoms with van der Waals surface area (Å²) in [6, 6.07) is 10.3. The van der Waals surface area contributed by atoms with E-state index in [9.17, 15) is 4.79 Å². The summed E-state index contributed by atoms with van der Waals surface area (Å²) >= 11 is 0. The van der Waals surface area contributed by atoms with Crippen molar-refractivity contribution in [1.82, 2.24) is 5.32 Å². The van der Waals surface area contributed by atoms with Crippen LogP contribution in [0.25, 0.3) is 0 Å². The van der Waals surface area contributed by atoms with Gasteiger partial charge in [0.2, 0.25) is 5.91 Å². The zero-order valence-electron chi connectivity index (χ0n) is 8.20. The topological polar surface area (TPSA) is 29.1 Å². The van der Waals surface area contributed by atoms with Gasteiger partial charge in [-0.15, -0.1) is 0 Å². The molecular weight excluding hydrogens is 174 g/mol. The lowest BCUT2D eigenvalue weighted by Crippen LogP contribution is -2.19. The number of amides is 1. The highest BCUT2D eigenvalue weighted by Crippen LogP contribution is 2.16. The number of carbonyl (C=O) groups is 1. The van der Waals surface area contributed by atoms with E-state index in [1.807, 2.05) is 18.2 Å². The SMILES string of the molecule is O=C1NCC[C@@H]1CCc1ccccc1. The lowest BCUT2D eigenvalue weighted by Gasteiger charge is -2.05. The van der Waals surface area contributed by atoms with E-state index in [-0.39, 0.29) is 11.8 Å². The Hall–Kier alpha value is -1.31. The fraction of sp³-hybridized carbons (Fsp3) is 0.417. The first-order valence-corrected chi connectivity index (χ1v) is 5.18. The quantitative estimate of drug-likeness (QED) is 0.771. The van der Waals surface area contributed by atoms with Gasteiger partial charge in [-0.2, -0.15) is 0 Å². The number of hydrogen-bond donors (Lipinski definition) is 1. The van der Waals surface area contributed by atoms with Crippen molar-refractivity contribution in [3.63, 3.8) is 0 Å². The zero-order valence-corrected chi connectivity index (χ0v) is 8.20. The van der Waals surface area contributed by atoms with E-state index in [0.29, 0.717) is 0 Å². The fourth-order valence-electron chi connectivity index (χ4n) is 1.91. The number of benzene rings is 1. The lowest BCUT2D eigenvalue weighted by atomic mass is 9.98. The molecular formula is C12H15NO. The van der Waals surface area contributed by atoms with Gasteiger partial charge in [0.05, 0.1) is 0 Å². The van der Waals surface area contributed by atoms with E-state index in [0.717, 1.165) is 25.8 Å². The number of nitrogens with one attached hydrogen (secondary N) is 1. The number of carbonyl (C=O) groups excluding carboxylic acids is 1. The summed E-state index contributed by atoms with van der Waals surface area (Å²) in [6.07, 6.45) is 3.00. The van der Waals surface area contributed by atoms with Crippen molar-refractivity contribution in [1.29, 1.82) is 0 Å². The minimum atomic E-state index is 0.237. The summed E-state index contributed by atoms with van der Waals surface area (Å²) in [5.41, 5.74) is 1.33. The van der Waals surface area contributed by atoms with Gasteiger partial charge in [-0.25, -0.2) is 0 Å². The van der Waals surface area contributed by atoms with E-state index in [1.54, 1.807) is 0 Å². The average Bonchev–Trinajstić information content (AvgIpc) is 2.63. The molecule has 0 spiro atoms. The number of rotatable bonds is 3. The molecule has 1 fully saturated rings. The molecule has 2 nitrogen and oxygen atoms in total. The van der Waals surface area contributed by atoms with Crippen LogP contribution < -0.4 is 5.32 Å². The molecule has 1 aliphatic heterocycles. The molecule has 2 rings (SSSR count). The van der Waals surface area contributed by atoms with Crippen LogP contribution in [0, 0.1) is 5.92 Å². The molecule has 0 saturated carbocycles. The predicted molar refractivity (Wildman–Crippen MR) is 55.9 cm³/mol. The second-order valence-electron chi connectivity index (χ2n) is 3.80. The highest BCUT2D eigenvalue weighted by atomic mass is 16.2. The lowest BCUT2D eigenvalue weighted by molar-refractivity contribution is -0.122. The minimum absolute atomic E-state index is 0.237. The molecule has 1 N–H and O–H groups in total. The van der Waals surface area contributed by atoms with E-state index >= 15 is 0 Å². The van der Waals surface area contributed by atoms with Gasteiger partial charge in [0, 0.05) is 12.5 Å². The van der Waals surface area contributed by atoms with Crippen LogP contribution in [0.2, 0.25) is 0 Å². The zero-order chi connectivity index (χ0) is 9.80. The maximum atomic E-state index is 11.3. The van der Waals surface area contributed by atoms with Crippen LogP contribution in [0.5, 0.6) is 0 Å². The van der Waals surface area contributed by atoms with E-state index in [1.165, 1.54) is 5.56 Å². The van der Waals surface area contributed by atoms with Crippen molar-refractivity contribution in [3.05, 3.63) is 35.9 Å². The summed E-state index contributed by atoms with van der Waals surface area (Å²) in [6.45, 7) is 0.859. The molecule has 0 radical (unpaired) electrons. The molecule has 1 atom stereocenters. The molecule has 0 aromatic heterocycles. The fourth-order valence-corrected chi connectivity index (χ4v) is 1.91. The van der Waals surface area contributed by atoms with Gasteiger partial charge in [0.1, 0.15) is 0 Å². The third-order valence-corrected chi connectivity index (χ3v) is 2.79. The van der Waals surface area contributed by atoms with Crippen molar-refractivity contribution < 1.29 is 4.79 Å². The van der Waals surface area contributed by atoms with Crippen LogP contribution in [-0.2, 0) is 11.2 Å². The van der Waals surface area contributed by atoms with Gasteiger partial charge in [-0.1, -0.05) is 30.3 Å². The van der Waals surface area contributed by atoms with Gasteiger partial charge >= 0.3 is 0 Å².